The fourth-order valence-electron chi connectivity index (χ4n) is 1.58. The molecule has 0 spiro atoms. The molecule has 0 bridgehead atoms. The smallest absolute Gasteiger partial charge is 0.263 e. The van der Waals surface area contributed by atoms with Gasteiger partial charge in [-0.3, -0.25) is 4.79 Å². The van der Waals surface area contributed by atoms with Crippen LogP contribution in [0, 0.1) is 0 Å². The fourth-order valence-corrected chi connectivity index (χ4v) is 1.58. The molecule has 1 amide bonds. The van der Waals surface area contributed by atoms with E-state index >= 15 is 0 Å². The molecule has 0 radical (unpaired) electrons. The van der Waals surface area contributed by atoms with Gasteiger partial charge in [-0.15, -0.1) is 13.2 Å². The van der Waals surface area contributed by atoms with Crippen LogP contribution in [0.15, 0.2) is 55.6 Å². The number of ether oxygens (including phenoxy) is 1. The Labute approximate surface area is 108 Å². The lowest BCUT2D eigenvalue weighted by molar-refractivity contribution is -0.136. The average Bonchev–Trinajstić information content (AvgIpc) is 2.39. The van der Waals surface area contributed by atoms with Crippen molar-refractivity contribution in [2.24, 2.45) is 0 Å². The normalized spacial score (nSPS) is 11.4. The second-order valence-corrected chi connectivity index (χ2v) is 3.89. The number of para-hydroxylation sites is 1. The van der Waals surface area contributed by atoms with E-state index in [-0.39, 0.29) is 5.91 Å². The van der Waals surface area contributed by atoms with E-state index in [1.807, 2.05) is 30.3 Å². The zero-order chi connectivity index (χ0) is 13.4. The van der Waals surface area contributed by atoms with Gasteiger partial charge in [0.15, 0.2) is 6.10 Å². The van der Waals surface area contributed by atoms with Gasteiger partial charge in [0.1, 0.15) is 5.75 Å². The van der Waals surface area contributed by atoms with Gasteiger partial charge < -0.3 is 9.64 Å². The molecule has 0 saturated carbocycles. The molecule has 0 fully saturated rings. The summed E-state index contributed by atoms with van der Waals surface area (Å²) in [6.07, 6.45) is 2.86. The van der Waals surface area contributed by atoms with Crippen LogP contribution in [0.3, 0.4) is 0 Å². The zero-order valence-corrected chi connectivity index (χ0v) is 10.7. The van der Waals surface area contributed by atoms with Crippen molar-refractivity contribution in [2.45, 2.75) is 13.0 Å². The molecule has 0 aliphatic carbocycles. The summed E-state index contributed by atoms with van der Waals surface area (Å²) in [6.45, 7) is 10.0. The molecular formula is C15H19NO2. The molecule has 0 N–H and O–H groups in total. The Kier molecular flexibility index (Phi) is 5.71. The summed E-state index contributed by atoms with van der Waals surface area (Å²) >= 11 is 0. The van der Waals surface area contributed by atoms with E-state index in [0.717, 1.165) is 0 Å². The summed E-state index contributed by atoms with van der Waals surface area (Å²) in [6, 6.07) is 9.31. The maximum atomic E-state index is 12.1. The third-order valence-electron chi connectivity index (χ3n) is 2.41. The van der Waals surface area contributed by atoms with Gasteiger partial charge in [0.2, 0.25) is 0 Å². The molecule has 0 saturated heterocycles. The van der Waals surface area contributed by atoms with Crippen molar-refractivity contribution < 1.29 is 9.53 Å². The number of hydrogen-bond acceptors (Lipinski definition) is 2. The van der Waals surface area contributed by atoms with E-state index in [2.05, 4.69) is 13.2 Å². The summed E-state index contributed by atoms with van der Waals surface area (Å²) in [5.74, 6) is 0.620. The van der Waals surface area contributed by atoms with Crippen LogP contribution in [0.4, 0.5) is 0 Å². The van der Waals surface area contributed by atoms with E-state index in [1.54, 1.807) is 24.0 Å². The maximum Gasteiger partial charge on any atom is 0.263 e. The Bertz CT molecular complexity index is 390. The lowest BCUT2D eigenvalue weighted by Gasteiger charge is -2.23. The number of nitrogens with zero attached hydrogens (tertiary/aromatic N) is 1. The van der Waals surface area contributed by atoms with Gasteiger partial charge in [-0.1, -0.05) is 30.4 Å². The minimum Gasteiger partial charge on any atom is -0.481 e. The first-order valence-electron chi connectivity index (χ1n) is 5.91. The number of hydrogen-bond donors (Lipinski definition) is 0. The van der Waals surface area contributed by atoms with E-state index in [0.29, 0.717) is 18.8 Å². The molecule has 3 heteroatoms. The standard InChI is InChI=1S/C15H19NO2/c1-4-11-16(12-5-2)15(17)13(3)18-14-9-7-6-8-10-14/h4-10,13H,1-2,11-12H2,3H3/t13-/m0/s1. The molecule has 0 aliphatic rings. The molecule has 18 heavy (non-hydrogen) atoms. The molecule has 1 aromatic carbocycles. The molecule has 1 aromatic rings. The van der Waals surface area contributed by atoms with E-state index in [1.165, 1.54) is 0 Å². The molecule has 96 valence electrons. The van der Waals surface area contributed by atoms with E-state index in [4.69, 9.17) is 4.74 Å². The van der Waals surface area contributed by atoms with Gasteiger partial charge in [-0.05, 0) is 19.1 Å². The third-order valence-corrected chi connectivity index (χ3v) is 2.41. The first-order valence-corrected chi connectivity index (χ1v) is 5.91. The number of benzene rings is 1. The zero-order valence-electron chi connectivity index (χ0n) is 10.7. The third kappa shape index (κ3) is 4.09. The first kappa shape index (κ1) is 14.0. The van der Waals surface area contributed by atoms with Gasteiger partial charge in [-0.25, -0.2) is 0 Å². The minimum absolute atomic E-state index is 0.0707. The summed E-state index contributed by atoms with van der Waals surface area (Å²) in [5, 5.41) is 0. The molecule has 0 heterocycles. The highest BCUT2D eigenvalue weighted by molar-refractivity contribution is 5.81. The van der Waals surface area contributed by atoms with Gasteiger partial charge in [-0.2, -0.15) is 0 Å². The van der Waals surface area contributed by atoms with Gasteiger partial charge in [0.05, 0.1) is 0 Å². The van der Waals surface area contributed by atoms with E-state index in [9.17, 15) is 4.79 Å². The van der Waals surface area contributed by atoms with Crippen LogP contribution in [0.5, 0.6) is 5.75 Å². The van der Waals surface area contributed by atoms with Crippen LogP contribution in [-0.4, -0.2) is 30.0 Å². The van der Waals surface area contributed by atoms with Crippen molar-refractivity contribution in [3.63, 3.8) is 0 Å². The van der Waals surface area contributed by atoms with Crippen LogP contribution >= 0.6 is 0 Å². The van der Waals surface area contributed by atoms with Crippen molar-refractivity contribution in [2.75, 3.05) is 13.1 Å². The van der Waals surface area contributed by atoms with Crippen molar-refractivity contribution in [3.05, 3.63) is 55.6 Å². The Morgan fingerprint density at radius 2 is 1.83 bits per heavy atom. The predicted molar refractivity (Wildman–Crippen MR) is 73.5 cm³/mol. The second kappa shape index (κ2) is 7.33. The molecular weight excluding hydrogens is 226 g/mol. The quantitative estimate of drug-likeness (QED) is 0.691. The Hall–Kier alpha value is -2.03. The van der Waals surface area contributed by atoms with Gasteiger partial charge in [0, 0.05) is 13.1 Å². The minimum atomic E-state index is -0.521. The molecule has 1 rings (SSSR count). The van der Waals surface area contributed by atoms with Gasteiger partial charge >= 0.3 is 0 Å². The summed E-state index contributed by atoms with van der Waals surface area (Å²) < 4.78 is 5.59. The highest BCUT2D eigenvalue weighted by Gasteiger charge is 2.20. The SMILES string of the molecule is C=CCN(CC=C)C(=O)[C@H](C)Oc1ccccc1. The molecule has 0 aliphatic heterocycles. The Morgan fingerprint density at radius 1 is 1.28 bits per heavy atom. The summed E-state index contributed by atoms with van der Waals surface area (Å²) in [5.41, 5.74) is 0. The molecule has 0 aromatic heterocycles. The summed E-state index contributed by atoms with van der Waals surface area (Å²) in [4.78, 5) is 13.8. The maximum absolute atomic E-state index is 12.1. The van der Waals surface area contributed by atoms with Crippen LogP contribution in [0.1, 0.15) is 6.92 Å². The number of rotatable bonds is 7. The van der Waals surface area contributed by atoms with Crippen LogP contribution in [0.25, 0.3) is 0 Å². The Morgan fingerprint density at radius 3 is 2.33 bits per heavy atom. The molecule has 0 unspecified atom stereocenters. The lowest BCUT2D eigenvalue weighted by Crippen LogP contribution is -2.40. The fraction of sp³-hybridized carbons (Fsp3) is 0.267. The topological polar surface area (TPSA) is 29.5 Å². The van der Waals surface area contributed by atoms with Crippen molar-refractivity contribution in [3.8, 4) is 5.75 Å². The highest BCUT2D eigenvalue weighted by Crippen LogP contribution is 2.12. The Balaban J connectivity index is 2.64. The number of carbonyl (C=O) groups is 1. The van der Waals surface area contributed by atoms with Crippen molar-refractivity contribution in [1.29, 1.82) is 0 Å². The van der Waals surface area contributed by atoms with E-state index < -0.39 is 6.10 Å². The van der Waals surface area contributed by atoms with Crippen LogP contribution in [0.2, 0.25) is 0 Å². The first-order chi connectivity index (χ1) is 8.69. The monoisotopic (exact) mass is 245 g/mol. The number of carbonyl (C=O) groups excluding carboxylic acids is 1. The van der Waals surface area contributed by atoms with Gasteiger partial charge in [0.25, 0.3) is 5.91 Å². The predicted octanol–water partition coefficient (Wildman–Crippen LogP) is 2.65. The van der Waals surface area contributed by atoms with Crippen molar-refractivity contribution >= 4 is 5.91 Å². The van der Waals surface area contributed by atoms with Crippen molar-refractivity contribution in [1.82, 2.24) is 4.90 Å². The molecule has 1 atom stereocenters. The van der Waals surface area contributed by atoms with Crippen LogP contribution < -0.4 is 4.74 Å². The highest BCUT2D eigenvalue weighted by atomic mass is 16.5. The lowest BCUT2D eigenvalue weighted by atomic mass is 10.3. The number of amides is 1. The second-order valence-electron chi connectivity index (χ2n) is 3.89. The summed E-state index contributed by atoms with van der Waals surface area (Å²) in [7, 11) is 0. The largest absolute Gasteiger partial charge is 0.481 e. The van der Waals surface area contributed by atoms with Crippen LogP contribution in [-0.2, 0) is 4.79 Å². The average molecular weight is 245 g/mol. The molecule has 3 nitrogen and oxygen atoms in total.